The minimum Gasteiger partial charge on any atom is -0.480 e. The SMILES string of the molecule is CC#CCNC(=O)N[C@H](C(=O)O)C(C)CC. The van der Waals surface area contributed by atoms with Gasteiger partial charge in [0.05, 0.1) is 6.54 Å². The fourth-order valence-electron chi connectivity index (χ4n) is 1.09. The van der Waals surface area contributed by atoms with Crippen LogP contribution >= 0.6 is 0 Å². The molecule has 0 saturated heterocycles. The molecule has 2 amide bonds. The molecule has 0 aliphatic carbocycles. The molecule has 2 atom stereocenters. The third kappa shape index (κ3) is 5.25. The fraction of sp³-hybridized carbons (Fsp3) is 0.636. The van der Waals surface area contributed by atoms with E-state index in [1.165, 1.54) is 0 Å². The maximum Gasteiger partial charge on any atom is 0.326 e. The van der Waals surface area contributed by atoms with Gasteiger partial charge in [-0.25, -0.2) is 9.59 Å². The van der Waals surface area contributed by atoms with Gasteiger partial charge in [-0.3, -0.25) is 0 Å². The highest BCUT2D eigenvalue weighted by Gasteiger charge is 2.24. The maximum absolute atomic E-state index is 11.3. The first-order chi connectivity index (χ1) is 7.52. The Kier molecular flexibility index (Phi) is 6.77. The molecule has 1 unspecified atom stereocenters. The fourth-order valence-corrected chi connectivity index (χ4v) is 1.09. The minimum atomic E-state index is -1.02. The van der Waals surface area contributed by atoms with Gasteiger partial charge in [0.15, 0.2) is 0 Å². The van der Waals surface area contributed by atoms with E-state index in [2.05, 4.69) is 22.5 Å². The van der Waals surface area contributed by atoms with Crippen molar-refractivity contribution in [3.63, 3.8) is 0 Å². The minimum absolute atomic E-state index is 0.111. The molecule has 5 nitrogen and oxygen atoms in total. The van der Waals surface area contributed by atoms with Crippen LogP contribution in [0.2, 0.25) is 0 Å². The van der Waals surface area contributed by atoms with Gasteiger partial charge < -0.3 is 15.7 Å². The summed E-state index contributed by atoms with van der Waals surface area (Å²) in [7, 11) is 0. The summed E-state index contributed by atoms with van der Waals surface area (Å²) in [5.41, 5.74) is 0. The lowest BCUT2D eigenvalue weighted by Gasteiger charge is -2.19. The molecule has 0 rings (SSSR count). The predicted octanol–water partition coefficient (Wildman–Crippen LogP) is 0.808. The number of rotatable bonds is 5. The molecule has 0 aromatic heterocycles. The van der Waals surface area contributed by atoms with E-state index in [0.29, 0.717) is 6.42 Å². The van der Waals surface area contributed by atoms with E-state index in [1.807, 2.05) is 6.92 Å². The summed E-state index contributed by atoms with van der Waals surface area (Å²) in [4.78, 5) is 22.2. The maximum atomic E-state index is 11.3. The third-order valence-corrected chi connectivity index (χ3v) is 2.28. The molecule has 0 saturated carbocycles. The number of hydrogen-bond acceptors (Lipinski definition) is 2. The van der Waals surface area contributed by atoms with E-state index >= 15 is 0 Å². The van der Waals surface area contributed by atoms with Gasteiger partial charge in [-0.1, -0.05) is 26.2 Å². The highest BCUT2D eigenvalue weighted by molar-refractivity contribution is 5.82. The molecular formula is C11H18N2O3. The molecule has 0 aromatic rings. The number of carbonyl (C=O) groups excluding carboxylic acids is 1. The highest BCUT2D eigenvalue weighted by atomic mass is 16.4. The zero-order valence-electron chi connectivity index (χ0n) is 9.83. The lowest BCUT2D eigenvalue weighted by atomic mass is 9.99. The molecule has 0 aromatic carbocycles. The number of urea groups is 1. The number of amides is 2. The molecule has 0 heterocycles. The van der Waals surface area contributed by atoms with Gasteiger partial charge in [0.2, 0.25) is 0 Å². The van der Waals surface area contributed by atoms with Crippen LogP contribution in [0.5, 0.6) is 0 Å². The number of carboxylic acid groups (broad SMARTS) is 1. The van der Waals surface area contributed by atoms with Crippen molar-refractivity contribution < 1.29 is 14.7 Å². The van der Waals surface area contributed by atoms with Gasteiger partial charge in [0, 0.05) is 0 Å². The topological polar surface area (TPSA) is 78.4 Å². The van der Waals surface area contributed by atoms with Gasteiger partial charge in [0.25, 0.3) is 0 Å². The van der Waals surface area contributed by atoms with Crippen LogP contribution in [0.15, 0.2) is 0 Å². The molecule has 0 spiro atoms. The van der Waals surface area contributed by atoms with Crippen LogP contribution in [0.3, 0.4) is 0 Å². The standard InChI is InChI=1S/C11H18N2O3/c1-4-6-7-12-11(16)13-9(10(14)15)8(3)5-2/h8-9H,5,7H2,1-3H3,(H,14,15)(H2,12,13,16)/t8?,9-/m0/s1. The average molecular weight is 226 g/mol. The van der Waals surface area contributed by atoms with Crippen molar-refractivity contribution in [3.05, 3.63) is 0 Å². The van der Waals surface area contributed by atoms with Gasteiger partial charge in [-0.15, -0.1) is 5.92 Å². The van der Waals surface area contributed by atoms with Crippen LogP contribution in [0.1, 0.15) is 27.2 Å². The number of nitrogens with one attached hydrogen (secondary N) is 2. The van der Waals surface area contributed by atoms with Gasteiger partial charge >= 0.3 is 12.0 Å². The van der Waals surface area contributed by atoms with E-state index in [0.717, 1.165) is 0 Å². The largest absolute Gasteiger partial charge is 0.480 e. The first-order valence-corrected chi connectivity index (χ1v) is 5.19. The van der Waals surface area contributed by atoms with Crippen LogP contribution in [-0.2, 0) is 4.79 Å². The lowest BCUT2D eigenvalue weighted by molar-refractivity contribution is -0.140. The van der Waals surface area contributed by atoms with Crippen LogP contribution in [0.25, 0.3) is 0 Å². The molecule has 0 bridgehead atoms. The monoisotopic (exact) mass is 226 g/mol. The Hall–Kier alpha value is -1.70. The third-order valence-electron chi connectivity index (χ3n) is 2.28. The number of carboxylic acids is 1. The predicted molar refractivity (Wildman–Crippen MR) is 60.9 cm³/mol. The molecule has 16 heavy (non-hydrogen) atoms. The molecule has 5 heteroatoms. The Morgan fingerprint density at radius 1 is 1.44 bits per heavy atom. The van der Waals surface area contributed by atoms with Crippen LogP contribution in [-0.4, -0.2) is 29.7 Å². The zero-order valence-corrected chi connectivity index (χ0v) is 9.83. The molecule has 0 fully saturated rings. The van der Waals surface area contributed by atoms with Crippen LogP contribution in [0.4, 0.5) is 4.79 Å². The smallest absolute Gasteiger partial charge is 0.326 e. The Labute approximate surface area is 95.6 Å². The van der Waals surface area contributed by atoms with Crippen LogP contribution < -0.4 is 10.6 Å². The number of hydrogen-bond donors (Lipinski definition) is 3. The lowest BCUT2D eigenvalue weighted by Crippen LogP contribution is -2.49. The summed E-state index contributed by atoms with van der Waals surface area (Å²) >= 11 is 0. The summed E-state index contributed by atoms with van der Waals surface area (Å²) in [6.07, 6.45) is 0.687. The molecular weight excluding hydrogens is 208 g/mol. The van der Waals surface area contributed by atoms with Crippen molar-refractivity contribution in [2.45, 2.75) is 33.2 Å². The van der Waals surface area contributed by atoms with E-state index in [9.17, 15) is 9.59 Å². The number of carbonyl (C=O) groups is 2. The first-order valence-electron chi connectivity index (χ1n) is 5.19. The van der Waals surface area contributed by atoms with Gasteiger partial charge in [-0.05, 0) is 12.8 Å². The zero-order chi connectivity index (χ0) is 12.6. The van der Waals surface area contributed by atoms with Crippen molar-refractivity contribution >= 4 is 12.0 Å². The van der Waals surface area contributed by atoms with Gasteiger partial charge in [0.1, 0.15) is 6.04 Å². The normalized spacial score (nSPS) is 12.9. The first kappa shape index (κ1) is 14.3. The molecule has 3 N–H and O–H groups in total. The Morgan fingerprint density at radius 2 is 2.06 bits per heavy atom. The molecule has 90 valence electrons. The molecule has 0 aliphatic rings. The second-order valence-electron chi connectivity index (χ2n) is 3.46. The second kappa shape index (κ2) is 7.57. The van der Waals surface area contributed by atoms with Crippen molar-refractivity contribution in [2.24, 2.45) is 5.92 Å². The molecule has 0 radical (unpaired) electrons. The highest BCUT2D eigenvalue weighted by Crippen LogP contribution is 2.07. The molecule has 0 aliphatic heterocycles. The van der Waals surface area contributed by atoms with E-state index in [4.69, 9.17) is 5.11 Å². The Balaban J connectivity index is 4.22. The van der Waals surface area contributed by atoms with E-state index < -0.39 is 18.0 Å². The second-order valence-corrected chi connectivity index (χ2v) is 3.46. The summed E-state index contributed by atoms with van der Waals surface area (Å²) in [5, 5.41) is 13.8. The summed E-state index contributed by atoms with van der Waals surface area (Å²) in [5.74, 6) is 4.15. The summed E-state index contributed by atoms with van der Waals surface area (Å²) < 4.78 is 0. The van der Waals surface area contributed by atoms with Crippen LogP contribution in [0, 0.1) is 17.8 Å². The Bertz CT molecular complexity index is 304. The van der Waals surface area contributed by atoms with E-state index in [1.54, 1.807) is 13.8 Å². The van der Waals surface area contributed by atoms with Crippen molar-refractivity contribution in [3.8, 4) is 11.8 Å². The van der Waals surface area contributed by atoms with Crippen molar-refractivity contribution in [1.82, 2.24) is 10.6 Å². The Morgan fingerprint density at radius 3 is 2.50 bits per heavy atom. The van der Waals surface area contributed by atoms with Crippen molar-refractivity contribution in [2.75, 3.05) is 6.54 Å². The van der Waals surface area contributed by atoms with E-state index in [-0.39, 0.29) is 12.5 Å². The van der Waals surface area contributed by atoms with Gasteiger partial charge in [-0.2, -0.15) is 0 Å². The summed E-state index contributed by atoms with van der Waals surface area (Å²) in [6, 6.07) is -1.37. The number of aliphatic carboxylic acids is 1. The quantitative estimate of drug-likeness (QED) is 0.607. The average Bonchev–Trinajstić information content (AvgIpc) is 2.25. The van der Waals surface area contributed by atoms with Crippen molar-refractivity contribution in [1.29, 1.82) is 0 Å². The summed E-state index contributed by atoms with van der Waals surface area (Å²) in [6.45, 7) is 5.54.